The van der Waals surface area contributed by atoms with Gasteiger partial charge in [0, 0.05) is 10.9 Å². The first-order valence-corrected chi connectivity index (χ1v) is 8.67. The molecule has 0 atom stereocenters. The average molecular weight is 421 g/mol. The van der Waals surface area contributed by atoms with Gasteiger partial charge in [-0.15, -0.1) is 0 Å². The Morgan fingerprint density at radius 2 is 1.46 bits per heavy atom. The summed E-state index contributed by atoms with van der Waals surface area (Å²) < 4.78 is 15.0. The van der Waals surface area contributed by atoms with Crippen LogP contribution in [0.4, 0.5) is 0 Å². The average Bonchev–Trinajstić information content (AvgIpc) is 2.70. The van der Waals surface area contributed by atoms with Gasteiger partial charge < -0.3 is 14.2 Å². The zero-order valence-corrected chi connectivity index (χ0v) is 16.1. The van der Waals surface area contributed by atoms with E-state index in [0.29, 0.717) is 11.1 Å². The molecule has 6 nitrogen and oxygen atoms in total. The monoisotopic (exact) mass is 420 g/mol. The molecule has 0 heterocycles. The molecule has 136 valence electrons. The van der Waals surface area contributed by atoms with Gasteiger partial charge in [-0.2, -0.15) is 0 Å². The largest absolute Gasteiger partial charge is 0.496 e. The third-order valence-corrected chi connectivity index (χ3v) is 4.39. The van der Waals surface area contributed by atoms with Gasteiger partial charge >= 0.3 is 5.97 Å². The minimum absolute atomic E-state index is 0.103. The van der Waals surface area contributed by atoms with Crippen molar-refractivity contribution in [1.82, 2.24) is 0 Å². The molecule has 0 aromatic heterocycles. The number of ether oxygens (including phenoxy) is 3. The smallest absolute Gasteiger partial charge is 0.341 e. The Hall–Kier alpha value is -2.67. The molecule has 0 bridgehead atoms. The fourth-order valence-corrected chi connectivity index (χ4v) is 2.72. The lowest BCUT2D eigenvalue weighted by atomic mass is 9.98. The van der Waals surface area contributed by atoms with Crippen LogP contribution in [0.1, 0.15) is 36.6 Å². The number of hydrogen-bond donors (Lipinski definition) is 0. The number of methoxy groups -OCH3 is 3. The molecule has 0 aliphatic rings. The Bertz CT molecular complexity index is 859. The molecule has 2 rings (SSSR count). The molecule has 0 saturated heterocycles. The van der Waals surface area contributed by atoms with Crippen molar-refractivity contribution >= 4 is 33.5 Å². The van der Waals surface area contributed by atoms with Crippen molar-refractivity contribution in [3.63, 3.8) is 0 Å². The van der Waals surface area contributed by atoms with E-state index in [1.807, 2.05) is 0 Å². The highest BCUT2D eigenvalue weighted by Crippen LogP contribution is 2.25. The van der Waals surface area contributed by atoms with E-state index in [-0.39, 0.29) is 22.4 Å². The van der Waals surface area contributed by atoms with Gasteiger partial charge in [-0.25, -0.2) is 4.79 Å². The van der Waals surface area contributed by atoms with Crippen molar-refractivity contribution in [3.05, 3.63) is 58.7 Å². The normalized spacial score (nSPS) is 10.2. The molecule has 0 aliphatic carbocycles. The lowest BCUT2D eigenvalue weighted by Gasteiger charge is -2.10. The highest BCUT2D eigenvalue weighted by atomic mass is 79.9. The molecule has 0 N–H and O–H groups in total. The number of carbonyl (C=O) groups is 3. The van der Waals surface area contributed by atoms with Crippen LogP contribution in [0.25, 0.3) is 0 Å². The number of alkyl halides is 1. The summed E-state index contributed by atoms with van der Waals surface area (Å²) in [6, 6.07) is 9.08. The molecule has 0 radical (unpaired) electrons. The van der Waals surface area contributed by atoms with Crippen LogP contribution in [-0.2, 0) is 10.1 Å². The summed E-state index contributed by atoms with van der Waals surface area (Å²) >= 11 is 3.33. The first-order valence-electron chi connectivity index (χ1n) is 7.55. The highest BCUT2D eigenvalue weighted by Gasteiger charge is 2.24. The number of rotatable bonds is 7. The Kier molecular flexibility index (Phi) is 6.52. The van der Waals surface area contributed by atoms with Crippen LogP contribution in [0, 0.1) is 0 Å². The first-order chi connectivity index (χ1) is 12.5. The lowest BCUT2D eigenvalue weighted by Crippen LogP contribution is -2.16. The van der Waals surface area contributed by atoms with Gasteiger partial charge in [-0.05, 0) is 35.9 Å². The topological polar surface area (TPSA) is 78.9 Å². The van der Waals surface area contributed by atoms with Crippen LogP contribution < -0.4 is 9.47 Å². The molecule has 0 amide bonds. The fraction of sp³-hybridized carbons (Fsp3) is 0.211. The molecular weight excluding hydrogens is 404 g/mol. The summed E-state index contributed by atoms with van der Waals surface area (Å²) in [6.45, 7) is 0. The van der Waals surface area contributed by atoms with E-state index < -0.39 is 17.5 Å². The standard InChI is InChI=1S/C19H17BrO6/c1-24-15-8-11(10-20)4-6-13(15)18(22)17(21)12-5-7-14(19(23)26-3)16(9-12)25-2/h4-9H,10H2,1-3H3. The molecule has 0 spiro atoms. The van der Waals surface area contributed by atoms with E-state index >= 15 is 0 Å². The lowest BCUT2D eigenvalue weighted by molar-refractivity contribution is 0.0596. The van der Waals surface area contributed by atoms with Crippen molar-refractivity contribution in [2.45, 2.75) is 5.33 Å². The Labute approximate surface area is 159 Å². The fourth-order valence-electron chi connectivity index (χ4n) is 2.37. The van der Waals surface area contributed by atoms with E-state index in [9.17, 15) is 14.4 Å². The second-order valence-corrected chi connectivity index (χ2v) is 5.79. The quantitative estimate of drug-likeness (QED) is 0.295. The van der Waals surface area contributed by atoms with Gasteiger partial charge in [0.25, 0.3) is 0 Å². The summed E-state index contributed by atoms with van der Waals surface area (Å²) in [5.41, 5.74) is 1.34. The first kappa shape index (κ1) is 19.7. The third kappa shape index (κ3) is 3.94. The maximum Gasteiger partial charge on any atom is 0.341 e. The summed E-state index contributed by atoms with van der Waals surface area (Å²) in [6.07, 6.45) is 0. The molecule has 26 heavy (non-hydrogen) atoms. The maximum atomic E-state index is 12.6. The molecular formula is C19H17BrO6. The maximum absolute atomic E-state index is 12.6. The van der Waals surface area contributed by atoms with E-state index in [4.69, 9.17) is 9.47 Å². The third-order valence-electron chi connectivity index (χ3n) is 3.74. The van der Waals surface area contributed by atoms with Crippen molar-refractivity contribution in [2.24, 2.45) is 0 Å². The molecule has 0 saturated carbocycles. The van der Waals surface area contributed by atoms with Gasteiger partial charge in [0.1, 0.15) is 17.1 Å². The van der Waals surface area contributed by atoms with Crippen LogP contribution in [0.15, 0.2) is 36.4 Å². The van der Waals surface area contributed by atoms with Crippen molar-refractivity contribution in [3.8, 4) is 11.5 Å². The molecule has 2 aromatic carbocycles. The minimum atomic E-state index is -0.732. The van der Waals surface area contributed by atoms with E-state index in [2.05, 4.69) is 20.7 Å². The summed E-state index contributed by atoms with van der Waals surface area (Å²) in [5, 5.41) is 0.595. The second kappa shape index (κ2) is 8.62. The zero-order valence-electron chi connectivity index (χ0n) is 14.5. The summed E-state index contributed by atoms with van der Waals surface area (Å²) in [5.74, 6) is -1.57. The second-order valence-electron chi connectivity index (χ2n) is 5.23. The van der Waals surface area contributed by atoms with Crippen molar-refractivity contribution in [1.29, 1.82) is 0 Å². The SMILES string of the molecule is COC(=O)c1ccc(C(=O)C(=O)c2ccc(CBr)cc2OC)cc1OC. The summed E-state index contributed by atoms with van der Waals surface area (Å²) in [4.78, 5) is 36.9. The Balaban J connectivity index is 2.40. The minimum Gasteiger partial charge on any atom is -0.496 e. The highest BCUT2D eigenvalue weighted by molar-refractivity contribution is 9.08. The summed E-state index contributed by atoms with van der Waals surface area (Å²) in [7, 11) is 4.04. The van der Waals surface area contributed by atoms with Gasteiger partial charge in [0.15, 0.2) is 0 Å². The van der Waals surface area contributed by atoms with Gasteiger partial charge in [-0.3, -0.25) is 9.59 Å². The van der Waals surface area contributed by atoms with Gasteiger partial charge in [0.05, 0.1) is 26.9 Å². The number of benzene rings is 2. The number of Topliss-reactive ketones (excluding diaryl/α,β-unsaturated/α-hetero) is 2. The molecule has 7 heteroatoms. The predicted octanol–water partition coefficient (Wildman–Crippen LogP) is 3.45. The van der Waals surface area contributed by atoms with E-state index in [0.717, 1.165) is 5.56 Å². The molecule has 0 unspecified atom stereocenters. The van der Waals surface area contributed by atoms with E-state index in [1.165, 1.54) is 39.5 Å². The van der Waals surface area contributed by atoms with Crippen LogP contribution in [0.2, 0.25) is 0 Å². The molecule has 0 aliphatic heterocycles. The van der Waals surface area contributed by atoms with Gasteiger partial charge in [0.2, 0.25) is 11.6 Å². The number of hydrogen-bond acceptors (Lipinski definition) is 6. The number of esters is 1. The van der Waals surface area contributed by atoms with Crippen molar-refractivity contribution < 1.29 is 28.6 Å². The molecule has 2 aromatic rings. The zero-order chi connectivity index (χ0) is 19.3. The number of halogens is 1. The Morgan fingerprint density at radius 1 is 0.846 bits per heavy atom. The van der Waals surface area contributed by atoms with Crippen LogP contribution in [0.5, 0.6) is 11.5 Å². The van der Waals surface area contributed by atoms with Crippen LogP contribution in [0.3, 0.4) is 0 Å². The van der Waals surface area contributed by atoms with Crippen LogP contribution >= 0.6 is 15.9 Å². The molecule has 0 fully saturated rings. The van der Waals surface area contributed by atoms with Crippen LogP contribution in [-0.4, -0.2) is 38.9 Å². The van der Waals surface area contributed by atoms with Crippen molar-refractivity contribution in [2.75, 3.05) is 21.3 Å². The van der Waals surface area contributed by atoms with Gasteiger partial charge in [-0.1, -0.05) is 22.0 Å². The number of ketones is 2. The Morgan fingerprint density at radius 3 is 2.04 bits per heavy atom. The van der Waals surface area contributed by atoms with E-state index in [1.54, 1.807) is 18.2 Å². The predicted molar refractivity (Wildman–Crippen MR) is 98.6 cm³/mol. The number of carbonyl (C=O) groups excluding carboxylic acids is 3.